The van der Waals surface area contributed by atoms with Crippen molar-refractivity contribution in [3.05, 3.63) is 95.3 Å². The minimum absolute atomic E-state index is 0.0381. The van der Waals surface area contributed by atoms with Gasteiger partial charge in [-0.2, -0.15) is 0 Å². The second-order valence-electron chi connectivity index (χ2n) is 7.71. The lowest BCUT2D eigenvalue weighted by molar-refractivity contribution is -0.118. The molecule has 0 N–H and O–H groups in total. The number of imidazole rings is 1. The molecule has 33 heavy (non-hydrogen) atoms. The number of amides is 1. The summed E-state index contributed by atoms with van der Waals surface area (Å²) in [4.78, 5) is 32.8. The van der Waals surface area contributed by atoms with E-state index in [1.165, 1.54) is 6.07 Å². The van der Waals surface area contributed by atoms with Gasteiger partial charge in [0, 0.05) is 24.4 Å². The van der Waals surface area contributed by atoms with Crippen molar-refractivity contribution >= 4 is 28.4 Å². The van der Waals surface area contributed by atoms with Gasteiger partial charge in [0.15, 0.2) is 0 Å². The van der Waals surface area contributed by atoms with Gasteiger partial charge in [-0.15, -0.1) is 0 Å². The molecule has 0 spiro atoms. The molecule has 7 nitrogen and oxygen atoms in total. The zero-order chi connectivity index (χ0) is 22.9. The summed E-state index contributed by atoms with van der Waals surface area (Å²) >= 11 is 0. The fraction of sp³-hybridized carbons (Fsp3) is 0.115. The van der Waals surface area contributed by atoms with E-state index in [4.69, 9.17) is 9.72 Å². The number of fused-ring (bicyclic) bond motifs is 3. The molecule has 0 aliphatic heterocycles. The number of methoxy groups -OCH3 is 1. The van der Waals surface area contributed by atoms with Crippen LogP contribution >= 0.6 is 0 Å². The first kappa shape index (κ1) is 20.5. The van der Waals surface area contributed by atoms with Crippen LogP contribution in [-0.4, -0.2) is 34.0 Å². The van der Waals surface area contributed by atoms with Crippen LogP contribution < -0.4 is 15.2 Å². The Morgan fingerprint density at radius 3 is 2.42 bits per heavy atom. The van der Waals surface area contributed by atoms with Crippen molar-refractivity contribution in [3.63, 3.8) is 0 Å². The highest BCUT2D eigenvalue weighted by molar-refractivity contribution is 5.94. The molecule has 0 atom stereocenters. The lowest BCUT2D eigenvalue weighted by Crippen LogP contribution is -2.30. The van der Waals surface area contributed by atoms with E-state index in [-0.39, 0.29) is 18.0 Å². The Morgan fingerprint density at radius 2 is 1.67 bits per heavy atom. The maximum absolute atomic E-state index is 13.2. The Morgan fingerprint density at radius 1 is 0.939 bits per heavy atom. The number of hydrogen-bond donors (Lipinski definition) is 0. The van der Waals surface area contributed by atoms with Gasteiger partial charge in [-0.05, 0) is 36.4 Å². The van der Waals surface area contributed by atoms with Gasteiger partial charge < -0.3 is 14.2 Å². The van der Waals surface area contributed by atoms with Crippen LogP contribution in [0.25, 0.3) is 28.1 Å². The fourth-order valence-electron chi connectivity index (χ4n) is 3.99. The summed E-state index contributed by atoms with van der Waals surface area (Å²) in [6, 6.07) is 25.9. The maximum Gasteiger partial charge on any atom is 0.260 e. The molecule has 0 unspecified atom stereocenters. The van der Waals surface area contributed by atoms with E-state index in [0.29, 0.717) is 22.7 Å². The van der Waals surface area contributed by atoms with Crippen LogP contribution in [0.4, 0.5) is 5.69 Å². The van der Waals surface area contributed by atoms with Crippen molar-refractivity contribution in [2.24, 2.45) is 0 Å². The van der Waals surface area contributed by atoms with Crippen molar-refractivity contribution in [3.8, 4) is 17.0 Å². The summed E-state index contributed by atoms with van der Waals surface area (Å²) in [5, 5.41) is 0. The summed E-state index contributed by atoms with van der Waals surface area (Å²) in [6.07, 6.45) is 0. The monoisotopic (exact) mass is 438 g/mol. The molecule has 0 aliphatic rings. The van der Waals surface area contributed by atoms with E-state index in [0.717, 1.165) is 16.8 Å². The summed E-state index contributed by atoms with van der Waals surface area (Å²) in [6.45, 7) is 0.0381. The predicted molar refractivity (Wildman–Crippen MR) is 129 cm³/mol. The van der Waals surface area contributed by atoms with Gasteiger partial charge in [-0.1, -0.05) is 42.5 Å². The molecule has 7 heteroatoms. The molecule has 164 valence electrons. The number of rotatable bonds is 5. The largest absolute Gasteiger partial charge is 0.497 e. The molecule has 0 saturated heterocycles. The highest BCUT2D eigenvalue weighted by Gasteiger charge is 2.19. The summed E-state index contributed by atoms with van der Waals surface area (Å²) in [5.41, 5.74) is 3.34. The lowest BCUT2D eigenvalue weighted by Gasteiger charge is -2.18. The van der Waals surface area contributed by atoms with E-state index in [2.05, 4.69) is 0 Å². The first-order valence-corrected chi connectivity index (χ1v) is 10.5. The van der Waals surface area contributed by atoms with Gasteiger partial charge in [-0.3, -0.25) is 9.59 Å². The molecule has 2 aromatic heterocycles. The zero-order valence-electron chi connectivity index (χ0n) is 18.3. The van der Waals surface area contributed by atoms with Gasteiger partial charge in [0.2, 0.25) is 11.7 Å². The molecular weight excluding hydrogens is 416 g/mol. The van der Waals surface area contributed by atoms with Crippen LogP contribution in [0.2, 0.25) is 0 Å². The number of benzene rings is 3. The smallest absolute Gasteiger partial charge is 0.260 e. The number of carbonyl (C=O) groups is 1. The number of aromatic nitrogens is 3. The Kier molecular flexibility index (Phi) is 5.14. The van der Waals surface area contributed by atoms with Gasteiger partial charge in [0.1, 0.15) is 12.3 Å². The third kappa shape index (κ3) is 3.63. The predicted octanol–water partition coefficient (Wildman–Crippen LogP) is 3.99. The van der Waals surface area contributed by atoms with Gasteiger partial charge in [0.25, 0.3) is 5.56 Å². The topological polar surface area (TPSA) is 68.8 Å². The third-order valence-corrected chi connectivity index (χ3v) is 5.73. The number of hydrogen-bond acceptors (Lipinski definition) is 4. The quantitative estimate of drug-likeness (QED) is 0.416. The normalized spacial score (nSPS) is 11.1. The van der Waals surface area contributed by atoms with Gasteiger partial charge in [0.05, 0.1) is 23.8 Å². The highest BCUT2D eigenvalue weighted by atomic mass is 16.5. The summed E-state index contributed by atoms with van der Waals surface area (Å²) in [7, 11) is 3.34. The van der Waals surface area contributed by atoms with E-state index in [9.17, 15) is 9.59 Å². The molecular formula is C26H22N4O3. The molecule has 0 fully saturated rings. The second-order valence-corrected chi connectivity index (χ2v) is 7.71. The molecule has 0 saturated carbocycles. The zero-order valence-corrected chi connectivity index (χ0v) is 18.3. The Labute approximate surface area is 190 Å². The minimum atomic E-state index is -0.211. The first-order chi connectivity index (χ1) is 16.1. The fourth-order valence-corrected chi connectivity index (χ4v) is 3.99. The lowest BCUT2D eigenvalue weighted by atomic mass is 10.1. The number of anilines is 1. The molecule has 3 aromatic carbocycles. The Bertz CT molecular complexity index is 1540. The van der Waals surface area contributed by atoms with Crippen molar-refractivity contribution in [1.29, 1.82) is 0 Å². The van der Waals surface area contributed by atoms with Crippen LogP contribution in [0, 0.1) is 0 Å². The van der Waals surface area contributed by atoms with Gasteiger partial charge in [-0.25, -0.2) is 9.38 Å². The third-order valence-electron chi connectivity index (χ3n) is 5.73. The molecule has 5 aromatic rings. The van der Waals surface area contributed by atoms with Crippen LogP contribution in [0.3, 0.4) is 0 Å². The standard InChI is InChI=1S/C26H22N4O3/c1-28(19-10-4-3-5-11-19)25(32)17-29-22-13-6-7-14-23(22)30-24(31)16-21(27-26(29)30)18-9-8-12-20(15-18)33-2/h3-16H,17H2,1-2H3. The van der Waals surface area contributed by atoms with Crippen LogP contribution in [0.1, 0.15) is 0 Å². The Balaban J connectivity index is 1.67. The summed E-state index contributed by atoms with van der Waals surface area (Å²) < 4.78 is 8.66. The number of likely N-dealkylation sites (N-methyl/N-ethyl adjacent to an activating group) is 1. The van der Waals surface area contributed by atoms with Crippen LogP contribution in [0.5, 0.6) is 5.75 Å². The molecule has 1 amide bonds. The van der Waals surface area contributed by atoms with E-state index in [1.54, 1.807) is 28.0 Å². The average molecular weight is 438 g/mol. The van der Waals surface area contributed by atoms with E-state index in [1.807, 2.05) is 78.9 Å². The second kappa shape index (κ2) is 8.27. The Hall–Kier alpha value is -4.39. The summed E-state index contributed by atoms with van der Waals surface area (Å²) in [5.74, 6) is 0.969. The van der Waals surface area contributed by atoms with E-state index < -0.39 is 0 Å². The van der Waals surface area contributed by atoms with E-state index >= 15 is 0 Å². The maximum atomic E-state index is 13.2. The number of carbonyl (C=O) groups excluding carboxylic acids is 1. The van der Waals surface area contributed by atoms with Crippen molar-refractivity contribution in [1.82, 2.24) is 14.0 Å². The number of para-hydroxylation sites is 3. The molecule has 5 rings (SSSR count). The van der Waals surface area contributed by atoms with Crippen LogP contribution in [0.15, 0.2) is 89.7 Å². The first-order valence-electron chi connectivity index (χ1n) is 10.5. The molecule has 0 bridgehead atoms. The van der Waals surface area contributed by atoms with Crippen molar-refractivity contribution in [2.75, 3.05) is 19.1 Å². The molecule has 2 heterocycles. The van der Waals surface area contributed by atoms with Gasteiger partial charge >= 0.3 is 0 Å². The van der Waals surface area contributed by atoms with Crippen molar-refractivity contribution < 1.29 is 9.53 Å². The van der Waals surface area contributed by atoms with Crippen molar-refractivity contribution in [2.45, 2.75) is 6.54 Å². The highest BCUT2D eigenvalue weighted by Crippen LogP contribution is 2.24. The molecule has 0 aliphatic carbocycles. The number of nitrogens with zero attached hydrogens (tertiary/aromatic N) is 4. The number of ether oxygens (including phenoxy) is 1. The molecule has 0 radical (unpaired) electrons. The minimum Gasteiger partial charge on any atom is -0.497 e. The van der Waals surface area contributed by atoms with Crippen LogP contribution in [-0.2, 0) is 11.3 Å². The SMILES string of the molecule is COc1cccc(-c2cc(=O)n3c4ccccc4n(CC(=O)N(C)c4ccccc4)c3n2)c1. The average Bonchev–Trinajstić information content (AvgIpc) is 3.18.